The number of nitrogens with one attached hydrogen (secondary N) is 2. The second kappa shape index (κ2) is 5.44. The van der Waals surface area contributed by atoms with Crippen LogP contribution in [0.2, 0.25) is 0 Å². The van der Waals surface area contributed by atoms with Gasteiger partial charge in [-0.15, -0.1) is 5.10 Å². The summed E-state index contributed by atoms with van der Waals surface area (Å²) in [6.07, 6.45) is 4.19. The van der Waals surface area contributed by atoms with Crippen molar-refractivity contribution in [3.05, 3.63) is 36.4 Å². The molecule has 1 aliphatic rings. The first-order valence-corrected chi connectivity index (χ1v) is 7.50. The van der Waals surface area contributed by atoms with E-state index in [0.29, 0.717) is 18.5 Å². The Morgan fingerprint density at radius 2 is 2.17 bits per heavy atom. The number of aromatic carboxylic acids is 1. The fourth-order valence-corrected chi connectivity index (χ4v) is 2.87. The van der Waals surface area contributed by atoms with Gasteiger partial charge in [-0.05, 0) is 25.0 Å². The number of nitrogens with zero attached hydrogens (tertiary/aromatic N) is 4. The van der Waals surface area contributed by atoms with Crippen LogP contribution in [-0.2, 0) is 4.79 Å². The molecule has 4 rings (SSSR count). The van der Waals surface area contributed by atoms with Crippen molar-refractivity contribution in [1.82, 2.24) is 25.0 Å². The van der Waals surface area contributed by atoms with Gasteiger partial charge in [0.2, 0.25) is 5.91 Å². The van der Waals surface area contributed by atoms with Gasteiger partial charge in [0.05, 0.1) is 29.8 Å². The first kappa shape index (κ1) is 14.4. The van der Waals surface area contributed by atoms with E-state index < -0.39 is 5.97 Å². The Labute approximate surface area is 135 Å². The molecule has 0 aliphatic heterocycles. The smallest absolute Gasteiger partial charge is 0.358 e. The van der Waals surface area contributed by atoms with E-state index in [0.717, 1.165) is 11.0 Å². The van der Waals surface area contributed by atoms with E-state index in [4.69, 9.17) is 5.11 Å². The second-order valence-electron chi connectivity index (χ2n) is 5.80. The van der Waals surface area contributed by atoms with Crippen LogP contribution in [0.3, 0.4) is 0 Å². The molecule has 3 N–H and O–H groups in total. The minimum Gasteiger partial charge on any atom is -0.476 e. The third-order valence-electron chi connectivity index (χ3n) is 4.30. The minimum atomic E-state index is -1.11. The van der Waals surface area contributed by atoms with E-state index >= 15 is 0 Å². The van der Waals surface area contributed by atoms with Crippen LogP contribution in [0, 0.1) is 5.92 Å². The Bertz CT molecular complexity index is 924. The lowest BCUT2D eigenvalue weighted by molar-refractivity contribution is -0.123. The zero-order chi connectivity index (χ0) is 16.7. The fraction of sp³-hybridized carbons (Fsp3) is 0.267. The first-order valence-electron chi connectivity index (χ1n) is 7.50. The van der Waals surface area contributed by atoms with Crippen LogP contribution >= 0.6 is 0 Å². The van der Waals surface area contributed by atoms with Crippen LogP contribution in [0.1, 0.15) is 29.4 Å². The SMILES string of the molecule is O=C(O)c1cn(C2CC(C(=O)Nc3cccc4[nH]cnc34)C2)nn1. The van der Waals surface area contributed by atoms with Crippen molar-refractivity contribution >= 4 is 28.6 Å². The maximum Gasteiger partial charge on any atom is 0.358 e. The molecule has 2 heterocycles. The highest BCUT2D eigenvalue weighted by Gasteiger charge is 2.36. The van der Waals surface area contributed by atoms with Crippen molar-refractivity contribution in [2.24, 2.45) is 5.92 Å². The summed E-state index contributed by atoms with van der Waals surface area (Å²) in [7, 11) is 0. The summed E-state index contributed by atoms with van der Waals surface area (Å²) in [5, 5.41) is 19.2. The van der Waals surface area contributed by atoms with Gasteiger partial charge >= 0.3 is 5.97 Å². The van der Waals surface area contributed by atoms with E-state index in [1.165, 1.54) is 10.9 Å². The molecule has 1 aromatic carbocycles. The zero-order valence-corrected chi connectivity index (χ0v) is 12.5. The maximum absolute atomic E-state index is 12.4. The average Bonchev–Trinajstić information content (AvgIpc) is 3.14. The summed E-state index contributed by atoms with van der Waals surface area (Å²) >= 11 is 0. The number of benzene rings is 1. The molecule has 9 nitrogen and oxygen atoms in total. The maximum atomic E-state index is 12.4. The lowest BCUT2D eigenvalue weighted by atomic mass is 9.79. The van der Waals surface area contributed by atoms with Gasteiger partial charge in [0.15, 0.2) is 5.69 Å². The van der Waals surface area contributed by atoms with Gasteiger partial charge in [-0.3, -0.25) is 4.79 Å². The molecular weight excluding hydrogens is 312 g/mol. The number of imidazole rings is 1. The molecule has 24 heavy (non-hydrogen) atoms. The number of aromatic amines is 1. The van der Waals surface area contributed by atoms with Crippen LogP contribution in [-0.4, -0.2) is 41.9 Å². The van der Waals surface area contributed by atoms with Gasteiger partial charge in [0.25, 0.3) is 0 Å². The Morgan fingerprint density at radius 1 is 1.33 bits per heavy atom. The van der Waals surface area contributed by atoms with E-state index in [9.17, 15) is 9.59 Å². The van der Waals surface area contributed by atoms with Gasteiger partial charge in [-0.2, -0.15) is 0 Å². The molecule has 1 saturated carbocycles. The molecule has 9 heteroatoms. The predicted molar refractivity (Wildman–Crippen MR) is 83.5 cm³/mol. The van der Waals surface area contributed by atoms with Crippen LogP contribution in [0.25, 0.3) is 11.0 Å². The number of hydrogen-bond donors (Lipinski definition) is 3. The number of hydrogen-bond acceptors (Lipinski definition) is 5. The van der Waals surface area contributed by atoms with Crippen molar-refractivity contribution in [3.8, 4) is 0 Å². The molecule has 0 saturated heterocycles. The van der Waals surface area contributed by atoms with Gasteiger partial charge in [-0.1, -0.05) is 11.3 Å². The van der Waals surface area contributed by atoms with Crippen molar-refractivity contribution in [2.75, 3.05) is 5.32 Å². The number of rotatable bonds is 4. The van der Waals surface area contributed by atoms with Crippen LogP contribution < -0.4 is 5.32 Å². The van der Waals surface area contributed by atoms with E-state index in [2.05, 4.69) is 25.6 Å². The summed E-state index contributed by atoms with van der Waals surface area (Å²) in [4.78, 5) is 30.4. The number of aromatic nitrogens is 5. The largest absolute Gasteiger partial charge is 0.476 e. The van der Waals surface area contributed by atoms with Crippen molar-refractivity contribution in [3.63, 3.8) is 0 Å². The number of anilines is 1. The van der Waals surface area contributed by atoms with Crippen LogP contribution in [0.15, 0.2) is 30.7 Å². The normalized spacial score (nSPS) is 19.8. The van der Waals surface area contributed by atoms with Crippen molar-refractivity contribution in [1.29, 1.82) is 0 Å². The van der Waals surface area contributed by atoms with Crippen molar-refractivity contribution in [2.45, 2.75) is 18.9 Å². The lowest BCUT2D eigenvalue weighted by Gasteiger charge is -2.33. The van der Waals surface area contributed by atoms with Crippen molar-refractivity contribution < 1.29 is 14.7 Å². The zero-order valence-electron chi connectivity index (χ0n) is 12.5. The minimum absolute atomic E-state index is 0.00234. The molecule has 0 bridgehead atoms. The molecule has 1 amide bonds. The molecule has 0 unspecified atom stereocenters. The molecular formula is C15H14N6O3. The highest BCUT2D eigenvalue weighted by atomic mass is 16.4. The molecule has 0 radical (unpaired) electrons. The third kappa shape index (κ3) is 2.39. The Kier molecular flexibility index (Phi) is 3.26. The number of carboxylic acids is 1. The lowest BCUT2D eigenvalue weighted by Crippen LogP contribution is -2.36. The third-order valence-corrected chi connectivity index (χ3v) is 4.30. The first-order chi connectivity index (χ1) is 11.6. The molecule has 2 aromatic heterocycles. The molecule has 1 aliphatic carbocycles. The van der Waals surface area contributed by atoms with Gasteiger partial charge < -0.3 is 15.4 Å². The topological polar surface area (TPSA) is 126 Å². The molecule has 0 spiro atoms. The number of carbonyl (C=O) groups excluding carboxylic acids is 1. The molecule has 0 atom stereocenters. The summed E-state index contributed by atoms with van der Waals surface area (Å²) in [6, 6.07) is 5.56. The summed E-state index contributed by atoms with van der Waals surface area (Å²) < 4.78 is 1.52. The highest BCUT2D eigenvalue weighted by Crippen LogP contribution is 2.38. The monoisotopic (exact) mass is 326 g/mol. The Morgan fingerprint density at radius 3 is 2.92 bits per heavy atom. The van der Waals surface area contributed by atoms with Gasteiger partial charge in [-0.25, -0.2) is 14.5 Å². The average molecular weight is 326 g/mol. The molecule has 1 fully saturated rings. The van der Waals surface area contributed by atoms with E-state index in [1.807, 2.05) is 18.2 Å². The number of carboxylic acid groups (broad SMARTS) is 1. The number of H-pyrrole nitrogens is 1. The number of amides is 1. The summed E-state index contributed by atoms with van der Waals surface area (Å²) in [6.45, 7) is 0. The quantitative estimate of drug-likeness (QED) is 0.666. The second-order valence-corrected chi connectivity index (χ2v) is 5.80. The number of fused-ring (bicyclic) bond motifs is 1. The summed E-state index contributed by atoms with van der Waals surface area (Å²) in [5.41, 5.74) is 2.18. The van der Waals surface area contributed by atoms with Gasteiger partial charge in [0.1, 0.15) is 5.52 Å². The standard InChI is InChI=1S/C15H14N6O3/c22-14(18-11-3-1-2-10-13(11)17-7-16-10)8-4-9(5-8)21-6-12(15(23)24)19-20-21/h1-3,6-9H,4-5H2,(H,16,17)(H,18,22)(H,23,24). The number of carbonyl (C=O) groups is 2. The Hall–Kier alpha value is -3.23. The molecule has 3 aromatic rings. The fourth-order valence-electron chi connectivity index (χ4n) is 2.87. The molecule has 122 valence electrons. The number of para-hydroxylation sites is 1. The van der Waals surface area contributed by atoms with Crippen LogP contribution in [0.5, 0.6) is 0 Å². The predicted octanol–water partition coefficient (Wildman–Crippen LogP) is 1.44. The van der Waals surface area contributed by atoms with Crippen LogP contribution in [0.4, 0.5) is 5.69 Å². The van der Waals surface area contributed by atoms with E-state index in [-0.39, 0.29) is 23.6 Å². The van der Waals surface area contributed by atoms with Gasteiger partial charge in [0, 0.05) is 5.92 Å². The Balaban J connectivity index is 1.40. The highest BCUT2D eigenvalue weighted by molar-refractivity contribution is 6.00. The van der Waals surface area contributed by atoms with E-state index in [1.54, 1.807) is 6.33 Å². The summed E-state index contributed by atoms with van der Waals surface area (Å²) in [5.74, 6) is -1.32.